The van der Waals surface area contributed by atoms with Crippen molar-refractivity contribution < 1.29 is 52.0 Å². The Balaban J connectivity index is 0.000000167. The van der Waals surface area contributed by atoms with Crippen LogP contribution >= 0.6 is 0 Å². The first-order chi connectivity index (χ1) is 20.6. The third kappa shape index (κ3) is 5.41. The Bertz CT molecular complexity index is 1210. The molecule has 1 aromatic carbocycles. The maximum atomic E-state index is 14.3. The number of aliphatic hydroxyl groups is 1. The van der Waals surface area contributed by atoms with E-state index in [2.05, 4.69) is 0 Å². The molecule has 44 heavy (non-hydrogen) atoms. The lowest BCUT2D eigenvalue weighted by atomic mass is 9.47. The van der Waals surface area contributed by atoms with E-state index in [1.54, 1.807) is 6.07 Å². The minimum Gasteiger partial charge on any atom is -0.544 e. The molecule has 8 fully saturated rings. The fourth-order valence-corrected chi connectivity index (χ4v) is 10.7. The number of carboxylic acids is 2. The van der Waals surface area contributed by atoms with Crippen LogP contribution in [0.3, 0.4) is 0 Å². The summed E-state index contributed by atoms with van der Waals surface area (Å²) >= 11 is 0. The van der Waals surface area contributed by atoms with Crippen molar-refractivity contribution >= 4 is 17.9 Å². The maximum Gasteiger partial charge on any atom is 0.327 e. The van der Waals surface area contributed by atoms with Gasteiger partial charge in [0.1, 0.15) is 18.0 Å². The predicted molar refractivity (Wildman–Crippen MR) is 142 cm³/mol. The molecule has 1 N–H and O–H groups in total. The summed E-state index contributed by atoms with van der Waals surface area (Å²) in [5.74, 6) is -11.6. The van der Waals surface area contributed by atoms with Gasteiger partial charge in [-0.05, 0) is 118 Å². The van der Waals surface area contributed by atoms with E-state index in [1.807, 2.05) is 0 Å². The minimum atomic E-state index is -4.29. The topological polar surface area (TPSA) is 127 Å². The van der Waals surface area contributed by atoms with Crippen LogP contribution in [-0.2, 0) is 19.1 Å². The number of benzene rings is 1. The number of aliphatic hydroxyl groups excluding tert-OH is 1. The van der Waals surface area contributed by atoms with Crippen LogP contribution in [-0.4, -0.2) is 41.0 Å². The van der Waals surface area contributed by atoms with Gasteiger partial charge in [0.15, 0.2) is 6.10 Å². The molecule has 2 atom stereocenters. The number of esters is 1. The van der Waals surface area contributed by atoms with Crippen molar-refractivity contribution in [1.29, 1.82) is 0 Å². The van der Waals surface area contributed by atoms with Crippen LogP contribution in [0.15, 0.2) is 30.3 Å². The van der Waals surface area contributed by atoms with Crippen molar-refractivity contribution in [1.82, 2.24) is 0 Å². The van der Waals surface area contributed by atoms with E-state index in [0.29, 0.717) is 74.0 Å². The first kappa shape index (κ1) is 31.3. The third-order valence-corrected chi connectivity index (χ3v) is 11.7. The first-order valence-corrected chi connectivity index (χ1v) is 15.8. The molecule has 0 amide bonds. The van der Waals surface area contributed by atoms with E-state index in [4.69, 9.17) is 4.74 Å². The van der Waals surface area contributed by atoms with Crippen LogP contribution in [0, 0.1) is 46.3 Å². The highest BCUT2D eigenvalue weighted by Gasteiger charge is 2.61. The monoisotopic (exact) mass is 622 g/mol. The van der Waals surface area contributed by atoms with Gasteiger partial charge < -0.3 is 29.6 Å². The van der Waals surface area contributed by atoms with Gasteiger partial charge in [0.2, 0.25) is 0 Å². The van der Waals surface area contributed by atoms with Crippen LogP contribution in [0.5, 0.6) is 0 Å². The Hall–Kier alpha value is -2.69. The largest absolute Gasteiger partial charge is 0.544 e. The Morgan fingerprint density at radius 1 is 0.705 bits per heavy atom. The van der Waals surface area contributed by atoms with E-state index >= 15 is 0 Å². The number of carbonyl (C=O) groups excluding carboxylic acids is 3. The van der Waals surface area contributed by atoms with E-state index in [0.717, 1.165) is 38.5 Å². The molecular weight excluding hydrogens is 584 g/mol. The van der Waals surface area contributed by atoms with Crippen LogP contribution in [0.25, 0.3) is 0 Å². The van der Waals surface area contributed by atoms with Crippen LogP contribution < -0.4 is 10.2 Å². The molecule has 8 bridgehead atoms. The highest BCUT2D eigenvalue weighted by molar-refractivity contribution is 5.80. The summed E-state index contributed by atoms with van der Waals surface area (Å²) in [5.41, 5.74) is -1.66. The SMILES string of the molecule is O=C(OC(c1ccccc1)C(F)(F)C(=O)[O-])C12CC3CC(CC(C3)C1)C2.O=C([O-])C(F)(F)C(O)C12CC3CC(CC(C3)C1)C2. The smallest absolute Gasteiger partial charge is 0.327 e. The van der Waals surface area contributed by atoms with Gasteiger partial charge in [-0.15, -0.1) is 0 Å². The summed E-state index contributed by atoms with van der Waals surface area (Å²) in [5, 5.41) is 31.5. The number of aliphatic carboxylic acids is 2. The van der Waals surface area contributed by atoms with E-state index < -0.39 is 52.8 Å². The molecule has 11 heteroatoms. The van der Waals surface area contributed by atoms with Gasteiger partial charge in [0.05, 0.1) is 5.41 Å². The standard InChI is InChI=1S/C20H22F2O4.C13H18F2O3/c21-20(22,17(23)24)16(15-4-2-1-3-5-15)26-18(25)19-9-12-6-13(10-19)8-14(7-12)11-19;14-13(15,11(17)18)10(16)12-4-7-1-8(5-12)3-9(2-7)6-12/h1-5,12-14,16H,6-11H2,(H,23,24);7-10,16H,1-6H2,(H,17,18)/p-2. The second-order valence-electron chi connectivity index (χ2n) is 14.9. The van der Waals surface area contributed by atoms with Gasteiger partial charge in [-0.2, -0.15) is 17.6 Å². The summed E-state index contributed by atoms with van der Waals surface area (Å²) in [6.07, 6.45) is 5.84. The normalized spacial score (nSPS) is 37.9. The Kier molecular flexibility index (Phi) is 7.81. The fraction of sp³-hybridized carbons (Fsp3) is 0.727. The molecule has 8 aliphatic carbocycles. The Morgan fingerprint density at radius 3 is 1.48 bits per heavy atom. The van der Waals surface area contributed by atoms with Gasteiger partial charge in [0, 0.05) is 5.41 Å². The van der Waals surface area contributed by atoms with Crippen LogP contribution in [0.1, 0.15) is 88.7 Å². The zero-order valence-corrected chi connectivity index (χ0v) is 24.4. The second kappa shape index (κ2) is 11.0. The lowest BCUT2D eigenvalue weighted by molar-refractivity contribution is -0.343. The van der Waals surface area contributed by atoms with Crippen LogP contribution in [0.2, 0.25) is 0 Å². The summed E-state index contributed by atoms with van der Waals surface area (Å²) in [4.78, 5) is 34.5. The van der Waals surface area contributed by atoms with E-state index in [-0.39, 0.29) is 5.56 Å². The molecule has 0 aliphatic heterocycles. The molecule has 0 radical (unpaired) electrons. The number of hydrogen-bond acceptors (Lipinski definition) is 7. The van der Waals surface area contributed by atoms with Crippen LogP contribution in [0.4, 0.5) is 17.6 Å². The molecule has 8 saturated carbocycles. The molecule has 0 aromatic heterocycles. The number of halogens is 4. The molecule has 0 saturated heterocycles. The van der Waals surface area contributed by atoms with Crippen molar-refractivity contribution in [3.05, 3.63) is 35.9 Å². The predicted octanol–water partition coefficient (Wildman–Crippen LogP) is 3.82. The second-order valence-corrected chi connectivity index (χ2v) is 14.9. The van der Waals surface area contributed by atoms with Gasteiger partial charge >= 0.3 is 17.8 Å². The summed E-state index contributed by atoms with van der Waals surface area (Å²) in [6, 6.07) is 7.32. The molecular formula is C33H38F4O7-2. The van der Waals surface area contributed by atoms with E-state index in [1.165, 1.54) is 24.3 Å². The molecule has 7 nitrogen and oxygen atoms in total. The maximum absolute atomic E-state index is 14.3. The van der Waals surface area contributed by atoms with E-state index in [9.17, 15) is 47.3 Å². The zero-order chi connectivity index (χ0) is 31.7. The number of ether oxygens (including phenoxy) is 1. The Morgan fingerprint density at radius 2 is 1.09 bits per heavy atom. The van der Waals surface area contributed by atoms with Crippen molar-refractivity contribution in [3.63, 3.8) is 0 Å². The molecule has 2 unspecified atom stereocenters. The highest BCUT2D eigenvalue weighted by Crippen LogP contribution is 2.63. The van der Waals surface area contributed by atoms with Crippen molar-refractivity contribution in [3.8, 4) is 0 Å². The fourth-order valence-electron chi connectivity index (χ4n) is 10.7. The number of alkyl halides is 4. The lowest BCUT2D eigenvalue weighted by Gasteiger charge is -2.59. The average Bonchev–Trinajstić information content (AvgIpc) is 2.94. The first-order valence-electron chi connectivity index (χ1n) is 15.8. The van der Waals surface area contributed by atoms with Gasteiger partial charge in [0.25, 0.3) is 0 Å². The third-order valence-electron chi connectivity index (χ3n) is 11.7. The zero-order valence-electron chi connectivity index (χ0n) is 24.4. The van der Waals surface area contributed by atoms with Gasteiger partial charge in [-0.3, -0.25) is 4.79 Å². The number of carbonyl (C=O) groups is 3. The molecule has 8 aliphatic rings. The molecule has 1 aromatic rings. The van der Waals surface area contributed by atoms with Crippen molar-refractivity contribution in [2.45, 2.75) is 101 Å². The number of hydrogen-bond donors (Lipinski definition) is 1. The summed E-state index contributed by atoms with van der Waals surface area (Å²) < 4.78 is 60.9. The number of carboxylic acid groups (broad SMARTS) is 2. The summed E-state index contributed by atoms with van der Waals surface area (Å²) in [7, 11) is 0. The van der Waals surface area contributed by atoms with Crippen molar-refractivity contribution in [2.24, 2.45) is 46.3 Å². The van der Waals surface area contributed by atoms with Crippen molar-refractivity contribution in [2.75, 3.05) is 0 Å². The van der Waals surface area contributed by atoms with Gasteiger partial charge in [-0.1, -0.05) is 30.3 Å². The molecule has 0 heterocycles. The Labute approximate surface area is 253 Å². The molecule has 9 rings (SSSR count). The molecule has 0 spiro atoms. The summed E-state index contributed by atoms with van der Waals surface area (Å²) in [6.45, 7) is 0. The average molecular weight is 623 g/mol. The minimum absolute atomic E-state index is 0.0419. The van der Waals surface area contributed by atoms with Gasteiger partial charge in [-0.25, -0.2) is 0 Å². The quantitative estimate of drug-likeness (QED) is 0.345. The highest BCUT2D eigenvalue weighted by atomic mass is 19.3. The molecule has 242 valence electrons. The number of rotatable bonds is 8. The lowest BCUT2D eigenvalue weighted by Crippen LogP contribution is -2.61.